The molecule has 5 nitrogen and oxygen atoms in total. The van der Waals surface area contributed by atoms with Gasteiger partial charge in [0.15, 0.2) is 11.6 Å². The maximum atomic E-state index is 14.3. The third kappa shape index (κ3) is 3.91. The summed E-state index contributed by atoms with van der Waals surface area (Å²) >= 11 is 2.87. The van der Waals surface area contributed by atoms with Gasteiger partial charge in [-0.15, -0.1) is 0 Å². The second kappa shape index (κ2) is 7.72. The Morgan fingerprint density at radius 3 is 2.71 bits per heavy atom. The number of aromatic nitrogens is 1. The van der Waals surface area contributed by atoms with Crippen LogP contribution in [0.25, 0.3) is 0 Å². The number of carbonyl (C=O) groups excluding carboxylic acids is 1. The molecule has 2 rings (SSSR count). The number of rotatable bonds is 5. The lowest BCUT2D eigenvalue weighted by molar-refractivity contribution is 0.0365. The van der Waals surface area contributed by atoms with Crippen molar-refractivity contribution in [3.8, 4) is 0 Å². The molecule has 1 heterocycles. The number of hydroxylamine groups is 1. The topological polar surface area (TPSA) is 63.2 Å². The van der Waals surface area contributed by atoms with Gasteiger partial charge in [0.05, 0.1) is 22.3 Å². The molecule has 24 heavy (non-hydrogen) atoms. The minimum atomic E-state index is -1.24. The maximum Gasteiger partial charge on any atom is 0.277 e. The fraction of sp³-hybridized carbons (Fsp3) is 0.200. The smallest absolute Gasteiger partial charge is 0.277 e. The molecule has 0 aliphatic carbocycles. The summed E-state index contributed by atoms with van der Waals surface area (Å²) in [6.45, 7) is 3.66. The summed E-state index contributed by atoms with van der Waals surface area (Å²) in [6.07, 6.45) is 1.51. The number of benzene rings is 1. The van der Waals surface area contributed by atoms with E-state index in [4.69, 9.17) is 12.7 Å². The number of halogens is 3. The highest BCUT2D eigenvalue weighted by molar-refractivity contribution is 9.10. The van der Waals surface area contributed by atoms with E-state index in [9.17, 15) is 13.6 Å². The number of anilines is 2. The third-order valence-corrected chi connectivity index (χ3v) is 3.59. The Balaban J connectivity index is 2.50. The molecule has 1 aromatic heterocycles. The summed E-state index contributed by atoms with van der Waals surface area (Å²) in [5.74, 6) is -3.03. The van der Waals surface area contributed by atoms with E-state index in [1.165, 1.54) is 6.20 Å². The normalized spacial score (nSPS) is 10.5. The number of carbonyl (C=O) groups is 1. The van der Waals surface area contributed by atoms with Crippen LogP contribution in [0.1, 0.15) is 22.8 Å². The Hall–Kier alpha value is -2.00. The second-order valence-corrected chi connectivity index (χ2v) is 5.70. The summed E-state index contributed by atoms with van der Waals surface area (Å²) in [4.78, 5) is 21.0. The molecule has 0 aliphatic heterocycles. The summed E-state index contributed by atoms with van der Waals surface area (Å²) in [5.41, 5.74) is 2.60. The molecule has 2 radical (unpaired) electrons. The molecule has 9 heteroatoms. The fourth-order valence-electron chi connectivity index (χ4n) is 1.90. The van der Waals surface area contributed by atoms with Crippen LogP contribution in [0.5, 0.6) is 0 Å². The van der Waals surface area contributed by atoms with Gasteiger partial charge < -0.3 is 5.32 Å². The highest BCUT2D eigenvalue weighted by Gasteiger charge is 2.22. The van der Waals surface area contributed by atoms with Gasteiger partial charge in [-0.25, -0.2) is 19.2 Å². The SMILES string of the molecule is [B]c1cc(C)cnc1Nc1c(C(=O)NOCC)cc(Br)c(F)c1F. The van der Waals surface area contributed by atoms with E-state index in [2.05, 4.69) is 31.7 Å². The molecule has 1 aromatic carbocycles. The lowest BCUT2D eigenvalue weighted by Crippen LogP contribution is -2.25. The number of aryl methyl sites for hydroxylation is 1. The second-order valence-electron chi connectivity index (χ2n) is 4.85. The first kappa shape index (κ1) is 18.3. The summed E-state index contributed by atoms with van der Waals surface area (Å²) < 4.78 is 28.0. The molecule has 0 bridgehead atoms. The minimum absolute atomic E-state index is 0.103. The van der Waals surface area contributed by atoms with Crippen molar-refractivity contribution < 1.29 is 18.4 Å². The van der Waals surface area contributed by atoms with Crippen LogP contribution in [0.15, 0.2) is 22.8 Å². The zero-order valence-corrected chi connectivity index (χ0v) is 14.5. The number of hydrogen-bond acceptors (Lipinski definition) is 4. The van der Waals surface area contributed by atoms with Crippen molar-refractivity contribution in [2.75, 3.05) is 11.9 Å². The number of amides is 1. The lowest BCUT2D eigenvalue weighted by Gasteiger charge is -2.15. The van der Waals surface area contributed by atoms with Crippen LogP contribution in [0.3, 0.4) is 0 Å². The average Bonchev–Trinajstić information content (AvgIpc) is 2.54. The van der Waals surface area contributed by atoms with Crippen LogP contribution >= 0.6 is 15.9 Å². The maximum absolute atomic E-state index is 14.3. The fourth-order valence-corrected chi connectivity index (χ4v) is 2.31. The predicted octanol–water partition coefficient (Wildman–Crippen LogP) is 2.65. The van der Waals surface area contributed by atoms with Crippen molar-refractivity contribution in [1.82, 2.24) is 10.5 Å². The van der Waals surface area contributed by atoms with Crippen LogP contribution < -0.4 is 16.3 Å². The monoisotopic (exact) mass is 395 g/mol. The standard InChI is InChI=1S/C15H13BBrF2N3O2/c1-3-24-22-15(23)8-5-10(17)11(18)12(19)13(8)21-14-9(16)4-7(2)6-20-14/h4-6H,3H2,1-2H3,(H,20,21)(H,22,23). The lowest BCUT2D eigenvalue weighted by atomic mass is 9.95. The zero-order valence-electron chi connectivity index (χ0n) is 12.9. The highest BCUT2D eigenvalue weighted by atomic mass is 79.9. The number of pyridine rings is 1. The molecule has 0 saturated carbocycles. The van der Waals surface area contributed by atoms with E-state index in [1.807, 2.05) is 0 Å². The Labute approximate surface area is 147 Å². The minimum Gasteiger partial charge on any atom is -0.338 e. The zero-order chi connectivity index (χ0) is 17.9. The molecule has 0 atom stereocenters. The van der Waals surface area contributed by atoms with Gasteiger partial charge >= 0.3 is 0 Å². The number of hydrogen-bond donors (Lipinski definition) is 2. The van der Waals surface area contributed by atoms with Crippen LogP contribution in [-0.2, 0) is 4.84 Å². The van der Waals surface area contributed by atoms with Crippen molar-refractivity contribution in [3.63, 3.8) is 0 Å². The number of nitrogens with one attached hydrogen (secondary N) is 2. The van der Waals surface area contributed by atoms with Crippen LogP contribution in [0, 0.1) is 18.6 Å². The van der Waals surface area contributed by atoms with Gasteiger partial charge in [0.2, 0.25) is 0 Å². The molecule has 124 valence electrons. The van der Waals surface area contributed by atoms with E-state index in [1.54, 1.807) is 19.9 Å². The van der Waals surface area contributed by atoms with Crippen molar-refractivity contribution in [3.05, 3.63) is 45.6 Å². The molecule has 0 fully saturated rings. The first-order valence-corrected chi connectivity index (χ1v) is 7.73. The predicted molar refractivity (Wildman–Crippen MR) is 90.8 cm³/mol. The Morgan fingerprint density at radius 1 is 1.38 bits per heavy atom. The van der Waals surface area contributed by atoms with E-state index >= 15 is 0 Å². The van der Waals surface area contributed by atoms with Gasteiger partial charge in [-0.05, 0) is 41.4 Å². The third-order valence-electron chi connectivity index (χ3n) is 3.01. The molecule has 0 unspecified atom stereocenters. The molecule has 2 aromatic rings. The molecule has 0 spiro atoms. The van der Waals surface area contributed by atoms with E-state index < -0.39 is 23.2 Å². The van der Waals surface area contributed by atoms with Gasteiger partial charge in [0.25, 0.3) is 5.91 Å². The molecular weight excluding hydrogens is 383 g/mol. The average molecular weight is 396 g/mol. The highest BCUT2D eigenvalue weighted by Crippen LogP contribution is 2.30. The Morgan fingerprint density at radius 2 is 2.08 bits per heavy atom. The van der Waals surface area contributed by atoms with Crippen molar-refractivity contribution >= 4 is 46.7 Å². The van der Waals surface area contributed by atoms with Crippen LogP contribution in [-0.4, -0.2) is 25.3 Å². The van der Waals surface area contributed by atoms with Gasteiger partial charge in [-0.3, -0.25) is 9.63 Å². The summed E-state index contributed by atoms with van der Waals surface area (Å²) in [6, 6.07) is 2.75. The van der Waals surface area contributed by atoms with Gasteiger partial charge in [0.1, 0.15) is 13.7 Å². The van der Waals surface area contributed by atoms with Crippen LogP contribution in [0.2, 0.25) is 0 Å². The summed E-state index contributed by atoms with van der Waals surface area (Å²) in [7, 11) is 5.82. The largest absolute Gasteiger partial charge is 0.338 e. The Kier molecular flexibility index (Phi) is 5.90. The first-order valence-electron chi connectivity index (χ1n) is 6.93. The molecular formula is C15H13BBrF2N3O2. The van der Waals surface area contributed by atoms with E-state index in [0.717, 1.165) is 11.6 Å². The van der Waals surface area contributed by atoms with Crippen molar-refractivity contribution in [1.29, 1.82) is 0 Å². The van der Waals surface area contributed by atoms with Gasteiger partial charge in [-0.1, -0.05) is 11.5 Å². The quantitative estimate of drug-likeness (QED) is 0.464. The summed E-state index contributed by atoms with van der Waals surface area (Å²) in [5, 5.41) is 2.57. The molecule has 2 N–H and O–H groups in total. The van der Waals surface area contributed by atoms with Gasteiger partial charge in [-0.2, -0.15) is 0 Å². The molecule has 0 aliphatic rings. The number of nitrogens with zero attached hydrogens (tertiary/aromatic N) is 1. The molecule has 0 saturated heterocycles. The first-order chi connectivity index (χ1) is 11.3. The molecule has 1 amide bonds. The van der Waals surface area contributed by atoms with E-state index in [-0.39, 0.29) is 27.9 Å². The van der Waals surface area contributed by atoms with E-state index in [0.29, 0.717) is 0 Å². The Bertz CT molecular complexity index is 790. The van der Waals surface area contributed by atoms with Crippen molar-refractivity contribution in [2.45, 2.75) is 13.8 Å². The van der Waals surface area contributed by atoms with Crippen LogP contribution in [0.4, 0.5) is 20.3 Å². The van der Waals surface area contributed by atoms with Gasteiger partial charge in [0, 0.05) is 6.20 Å². The van der Waals surface area contributed by atoms with Crippen molar-refractivity contribution in [2.24, 2.45) is 0 Å².